The molecule has 1 aliphatic carbocycles. The lowest BCUT2D eigenvalue weighted by Crippen LogP contribution is -2.33. The second kappa shape index (κ2) is 8.48. The largest absolute Gasteiger partial charge is 0.464 e. The van der Waals surface area contributed by atoms with Crippen LogP contribution in [0.2, 0.25) is 0 Å². The maximum atomic E-state index is 12.1. The van der Waals surface area contributed by atoms with Gasteiger partial charge in [0.2, 0.25) is 0 Å². The minimum atomic E-state index is -0.119. The van der Waals surface area contributed by atoms with Gasteiger partial charge in [0, 0.05) is 5.92 Å². The lowest BCUT2D eigenvalue weighted by molar-refractivity contribution is -0.146. The summed E-state index contributed by atoms with van der Waals surface area (Å²) in [4.78, 5) is 12.1. The third-order valence-electron chi connectivity index (χ3n) is 4.70. The summed E-state index contributed by atoms with van der Waals surface area (Å²) in [6, 6.07) is 16.7. The predicted molar refractivity (Wildman–Crippen MR) is 98.6 cm³/mol. The third kappa shape index (κ3) is 3.87. The van der Waals surface area contributed by atoms with Gasteiger partial charge in [-0.05, 0) is 41.6 Å². The van der Waals surface area contributed by atoms with Gasteiger partial charge >= 0.3 is 5.97 Å². The third-order valence-corrected chi connectivity index (χ3v) is 4.70. The van der Waals surface area contributed by atoms with Crippen molar-refractivity contribution in [3.05, 3.63) is 59.7 Å². The number of hydrogen-bond acceptors (Lipinski definition) is 4. The Hall–Kier alpha value is -1.88. The van der Waals surface area contributed by atoms with Crippen molar-refractivity contribution in [2.24, 2.45) is 0 Å². The first-order valence-corrected chi connectivity index (χ1v) is 8.80. The van der Waals surface area contributed by atoms with Crippen LogP contribution in [0.3, 0.4) is 0 Å². The van der Waals surface area contributed by atoms with E-state index < -0.39 is 0 Å². The highest BCUT2D eigenvalue weighted by Crippen LogP contribution is 2.44. The molecule has 1 atom stereocenters. The molecule has 1 heterocycles. The molecule has 2 aliphatic rings. The first-order valence-electron chi connectivity index (χ1n) is 8.49. The van der Waals surface area contributed by atoms with Crippen molar-refractivity contribution in [2.75, 3.05) is 20.3 Å². The predicted octanol–water partition coefficient (Wildman–Crippen LogP) is 3.88. The molecule has 4 nitrogen and oxygen atoms in total. The monoisotopic (exact) mass is 359 g/mol. The Labute approximate surface area is 153 Å². The Morgan fingerprint density at radius 1 is 1.12 bits per heavy atom. The molecule has 0 bridgehead atoms. The van der Waals surface area contributed by atoms with E-state index in [4.69, 9.17) is 4.74 Å². The molecular formula is C20H22ClNO3. The van der Waals surface area contributed by atoms with E-state index in [0.29, 0.717) is 6.61 Å². The number of hydrogen-bond donors (Lipinski definition) is 1. The highest BCUT2D eigenvalue weighted by molar-refractivity contribution is 6.07. The van der Waals surface area contributed by atoms with Crippen LogP contribution >= 0.6 is 11.9 Å². The number of rotatable bonds is 3. The molecule has 2 aromatic carbocycles. The number of fused-ring (bicyclic) bond motifs is 3. The molecule has 1 aliphatic heterocycles. The number of esters is 1. The Balaban J connectivity index is 0.000000569. The van der Waals surface area contributed by atoms with Gasteiger partial charge in [-0.15, -0.1) is 0 Å². The normalized spacial score (nSPS) is 18.1. The molecule has 1 saturated heterocycles. The average molecular weight is 360 g/mol. The first-order chi connectivity index (χ1) is 12.3. The summed E-state index contributed by atoms with van der Waals surface area (Å²) in [5, 5.41) is 3.20. The molecular weight excluding hydrogens is 338 g/mol. The zero-order valence-corrected chi connectivity index (χ0v) is 15.0. The Morgan fingerprint density at radius 2 is 1.68 bits per heavy atom. The van der Waals surface area contributed by atoms with Crippen molar-refractivity contribution < 1.29 is 13.8 Å². The van der Waals surface area contributed by atoms with Crippen LogP contribution in [-0.2, 0) is 13.8 Å². The Bertz CT molecular complexity index is 683. The summed E-state index contributed by atoms with van der Waals surface area (Å²) >= 11 is 4.50. The maximum absolute atomic E-state index is 12.1. The van der Waals surface area contributed by atoms with Gasteiger partial charge in [0.05, 0.1) is 19.0 Å². The van der Waals surface area contributed by atoms with Crippen molar-refractivity contribution in [1.29, 1.82) is 0 Å². The maximum Gasteiger partial charge on any atom is 0.323 e. The smallest absolute Gasteiger partial charge is 0.323 e. The lowest BCUT2D eigenvalue weighted by atomic mass is 9.98. The zero-order valence-electron chi connectivity index (χ0n) is 14.2. The van der Waals surface area contributed by atoms with Gasteiger partial charge in [0.1, 0.15) is 12.6 Å². The standard InChI is InChI=1S/C19H19NO2.CH3ClO/c21-19(18-10-5-11-20-18)22-12-17-15-8-3-1-6-13(15)14-7-2-4-9-16(14)17;1-3-2/h1-4,6-9,17-18,20H,5,10-12H2;1H3. The molecule has 25 heavy (non-hydrogen) atoms. The summed E-state index contributed by atoms with van der Waals surface area (Å²) in [6.45, 7) is 1.33. The van der Waals surface area contributed by atoms with E-state index in [1.54, 1.807) is 0 Å². The Kier molecular flexibility index (Phi) is 6.08. The fraction of sp³-hybridized carbons (Fsp3) is 0.350. The van der Waals surface area contributed by atoms with Crippen LogP contribution in [0.25, 0.3) is 11.1 Å². The summed E-state index contributed by atoms with van der Waals surface area (Å²) < 4.78 is 9.34. The molecule has 1 N–H and O–H groups in total. The topological polar surface area (TPSA) is 47.6 Å². The first kappa shape index (κ1) is 17.9. The van der Waals surface area contributed by atoms with Gasteiger partial charge < -0.3 is 10.1 Å². The number of benzene rings is 2. The van der Waals surface area contributed by atoms with E-state index in [-0.39, 0.29) is 17.9 Å². The molecule has 0 amide bonds. The molecule has 132 valence electrons. The van der Waals surface area contributed by atoms with Crippen LogP contribution in [0.5, 0.6) is 0 Å². The molecule has 0 aromatic heterocycles. The second-order valence-corrected chi connectivity index (χ2v) is 6.47. The van der Waals surface area contributed by atoms with Crippen molar-refractivity contribution in [2.45, 2.75) is 24.8 Å². The molecule has 1 fully saturated rings. The van der Waals surface area contributed by atoms with Crippen LogP contribution in [0.15, 0.2) is 48.5 Å². The molecule has 0 spiro atoms. The average Bonchev–Trinajstić information content (AvgIpc) is 3.27. The lowest BCUT2D eigenvalue weighted by Gasteiger charge is -2.16. The molecule has 5 heteroatoms. The summed E-state index contributed by atoms with van der Waals surface area (Å²) in [5.74, 6) is 0.0390. The van der Waals surface area contributed by atoms with E-state index >= 15 is 0 Å². The molecule has 1 unspecified atom stereocenters. The van der Waals surface area contributed by atoms with E-state index in [2.05, 4.69) is 70.0 Å². The summed E-state index contributed by atoms with van der Waals surface area (Å²) in [5.41, 5.74) is 5.04. The molecule has 0 saturated carbocycles. The molecule has 4 rings (SSSR count). The Morgan fingerprint density at radius 3 is 2.20 bits per heavy atom. The number of halogens is 1. The van der Waals surface area contributed by atoms with Crippen LogP contribution in [0.1, 0.15) is 29.9 Å². The van der Waals surface area contributed by atoms with Crippen molar-refractivity contribution in [1.82, 2.24) is 5.32 Å². The fourth-order valence-corrected chi connectivity index (χ4v) is 3.59. The second-order valence-electron chi connectivity index (χ2n) is 6.16. The van der Waals surface area contributed by atoms with Crippen molar-refractivity contribution in [3.63, 3.8) is 0 Å². The number of nitrogens with one attached hydrogen (secondary N) is 1. The quantitative estimate of drug-likeness (QED) is 0.845. The molecule has 0 radical (unpaired) electrons. The van der Waals surface area contributed by atoms with Gasteiger partial charge in [-0.1, -0.05) is 48.5 Å². The van der Waals surface area contributed by atoms with Crippen LogP contribution in [0.4, 0.5) is 0 Å². The summed E-state index contributed by atoms with van der Waals surface area (Å²) in [6.07, 6.45) is 1.94. The highest BCUT2D eigenvalue weighted by atomic mass is 35.5. The fourth-order valence-electron chi connectivity index (χ4n) is 3.59. The van der Waals surface area contributed by atoms with Gasteiger partial charge in [-0.25, -0.2) is 0 Å². The van der Waals surface area contributed by atoms with Gasteiger partial charge in [-0.2, -0.15) is 0 Å². The SMILES string of the molecule is COCl.O=C(OCC1c2ccccc2-c2ccccc21)C1CCCN1. The van der Waals surface area contributed by atoms with E-state index in [9.17, 15) is 4.79 Å². The number of ether oxygens (including phenoxy) is 1. The zero-order chi connectivity index (χ0) is 17.6. The van der Waals surface area contributed by atoms with Crippen LogP contribution in [-0.4, -0.2) is 32.3 Å². The van der Waals surface area contributed by atoms with Crippen molar-refractivity contribution in [3.8, 4) is 11.1 Å². The van der Waals surface area contributed by atoms with Gasteiger partial charge in [-0.3, -0.25) is 9.08 Å². The minimum Gasteiger partial charge on any atom is -0.464 e. The van der Waals surface area contributed by atoms with E-state index in [0.717, 1.165) is 19.4 Å². The molecule has 2 aromatic rings. The van der Waals surface area contributed by atoms with Crippen LogP contribution in [0, 0.1) is 0 Å². The van der Waals surface area contributed by atoms with Crippen molar-refractivity contribution >= 4 is 17.8 Å². The summed E-state index contributed by atoms with van der Waals surface area (Å²) in [7, 11) is 1.39. The number of carbonyl (C=O) groups excluding carboxylic acids is 1. The number of carbonyl (C=O) groups is 1. The van der Waals surface area contributed by atoms with Crippen LogP contribution < -0.4 is 5.32 Å². The van der Waals surface area contributed by atoms with Gasteiger partial charge in [0.15, 0.2) is 0 Å². The minimum absolute atomic E-state index is 0.112. The van der Waals surface area contributed by atoms with Gasteiger partial charge in [0.25, 0.3) is 0 Å². The highest BCUT2D eigenvalue weighted by Gasteiger charge is 2.30. The van der Waals surface area contributed by atoms with E-state index in [1.165, 1.54) is 29.4 Å². The van der Waals surface area contributed by atoms with E-state index in [1.807, 2.05) is 0 Å².